The van der Waals surface area contributed by atoms with Crippen molar-refractivity contribution >= 4 is 0 Å². The van der Waals surface area contributed by atoms with Gasteiger partial charge < -0.3 is 0 Å². The van der Waals surface area contributed by atoms with Crippen molar-refractivity contribution in [3.8, 4) is 0 Å². The molecule has 0 aromatic carbocycles. The third-order valence-corrected chi connectivity index (χ3v) is 3.28. The molecule has 0 heterocycles. The second-order valence-electron chi connectivity index (χ2n) is 5.18. The highest BCUT2D eigenvalue weighted by Crippen LogP contribution is 2.30. The lowest BCUT2D eigenvalue weighted by molar-refractivity contribution is 0.508. The minimum atomic E-state index is 0. The SMILES string of the molecule is C.C.C=C(/C(C)=C\C)/C(=C\C)C(CCC)CCC.CCC. The summed E-state index contributed by atoms with van der Waals surface area (Å²) in [6, 6.07) is 0. The van der Waals surface area contributed by atoms with E-state index in [0.717, 1.165) is 0 Å². The topological polar surface area (TPSA) is 0 Å². The van der Waals surface area contributed by atoms with Gasteiger partial charge in [0.05, 0.1) is 0 Å². The molecule has 21 heavy (non-hydrogen) atoms. The molecule has 128 valence electrons. The van der Waals surface area contributed by atoms with Crippen molar-refractivity contribution in [3.63, 3.8) is 0 Å². The van der Waals surface area contributed by atoms with E-state index >= 15 is 0 Å². The molecule has 0 aliphatic rings. The first kappa shape index (κ1) is 28.4. The summed E-state index contributed by atoms with van der Waals surface area (Å²) >= 11 is 0. The molecule has 0 saturated heterocycles. The van der Waals surface area contributed by atoms with Crippen molar-refractivity contribution in [3.05, 3.63) is 35.5 Å². The average Bonchev–Trinajstić information content (AvgIpc) is 2.40. The Balaban J connectivity index is -0.000000264. The molecular formula is C21H44. The van der Waals surface area contributed by atoms with Crippen molar-refractivity contribution in [2.45, 2.75) is 95.4 Å². The fourth-order valence-electron chi connectivity index (χ4n) is 2.21. The monoisotopic (exact) mass is 296 g/mol. The minimum absolute atomic E-state index is 0. The number of hydrogen-bond acceptors (Lipinski definition) is 0. The van der Waals surface area contributed by atoms with Crippen LogP contribution in [-0.4, -0.2) is 0 Å². The highest BCUT2D eigenvalue weighted by atomic mass is 14.2. The number of rotatable bonds is 7. The first-order valence-electron chi connectivity index (χ1n) is 8.02. The first-order valence-corrected chi connectivity index (χ1v) is 8.02. The largest absolute Gasteiger partial charge is 0.0912 e. The van der Waals surface area contributed by atoms with Gasteiger partial charge in [-0.25, -0.2) is 0 Å². The molecule has 0 spiro atoms. The molecule has 0 unspecified atom stereocenters. The number of hydrogen-bond donors (Lipinski definition) is 0. The van der Waals surface area contributed by atoms with Crippen LogP contribution < -0.4 is 0 Å². The zero-order chi connectivity index (χ0) is 15.3. The molecule has 0 radical (unpaired) electrons. The average molecular weight is 297 g/mol. The Morgan fingerprint density at radius 3 is 1.52 bits per heavy atom. The van der Waals surface area contributed by atoms with Gasteiger partial charge >= 0.3 is 0 Å². The van der Waals surface area contributed by atoms with E-state index in [2.05, 4.69) is 67.2 Å². The Labute approximate surface area is 137 Å². The van der Waals surface area contributed by atoms with Crippen LogP contribution >= 0.6 is 0 Å². The maximum Gasteiger partial charge on any atom is -0.0160 e. The van der Waals surface area contributed by atoms with Crippen LogP contribution in [0, 0.1) is 5.92 Å². The molecule has 0 aromatic rings. The van der Waals surface area contributed by atoms with E-state index in [9.17, 15) is 0 Å². The van der Waals surface area contributed by atoms with Crippen molar-refractivity contribution in [1.29, 1.82) is 0 Å². The smallest absolute Gasteiger partial charge is 0.0160 e. The molecule has 0 fully saturated rings. The van der Waals surface area contributed by atoms with Gasteiger partial charge in [-0.15, -0.1) is 0 Å². The van der Waals surface area contributed by atoms with Gasteiger partial charge in [0, 0.05) is 0 Å². The lowest BCUT2D eigenvalue weighted by Crippen LogP contribution is -2.06. The third kappa shape index (κ3) is 12.7. The molecule has 0 nitrogen and oxygen atoms in total. The maximum absolute atomic E-state index is 4.25. The van der Waals surface area contributed by atoms with Crippen LogP contribution in [0.2, 0.25) is 0 Å². The quantitative estimate of drug-likeness (QED) is 0.414. The summed E-state index contributed by atoms with van der Waals surface area (Å²) in [6.07, 6.45) is 10.7. The van der Waals surface area contributed by atoms with Crippen LogP contribution in [0.25, 0.3) is 0 Å². The standard InChI is InChI=1S/C16H28.C3H8.2CH4/c1-7-11-15(12-8-2)16(10-4)14(6)13(5)9-3;1-3-2;;/h9-10,15H,6-8,11-12H2,1-5H3;3H2,1-2H3;2*1H4/b13-9-,16-10+;;;. The lowest BCUT2D eigenvalue weighted by Gasteiger charge is -2.21. The van der Waals surface area contributed by atoms with Crippen molar-refractivity contribution < 1.29 is 0 Å². The van der Waals surface area contributed by atoms with E-state index in [1.54, 1.807) is 0 Å². The zero-order valence-corrected chi connectivity index (χ0v) is 14.5. The van der Waals surface area contributed by atoms with Crippen LogP contribution in [0.15, 0.2) is 35.5 Å². The normalized spacial score (nSPS) is 11.0. The maximum atomic E-state index is 4.25. The second kappa shape index (κ2) is 19.2. The van der Waals surface area contributed by atoms with Crippen molar-refractivity contribution in [2.24, 2.45) is 5.92 Å². The Kier molecular flexibility index (Phi) is 26.0. The Hall–Kier alpha value is -0.780. The van der Waals surface area contributed by atoms with Gasteiger partial charge in [0.25, 0.3) is 0 Å². The summed E-state index contributed by atoms with van der Waals surface area (Å²) in [5.41, 5.74) is 4.00. The third-order valence-electron chi connectivity index (χ3n) is 3.28. The van der Waals surface area contributed by atoms with Gasteiger partial charge in [0.15, 0.2) is 0 Å². The van der Waals surface area contributed by atoms with Crippen LogP contribution in [-0.2, 0) is 0 Å². The van der Waals surface area contributed by atoms with E-state index < -0.39 is 0 Å². The van der Waals surface area contributed by atoms with Gasteiger partial charge in [-0.1, -0.05) is 80.5 Å². The Morgan fingerprint density at radius 1 is 0.905 bits per heavy atom. The summed E-state index contributed by atoms with van der Waals surface area (Å²) in [5.74, 6) is 0.697. The van der Waals surface area contributed by atoms with E-state index in [-0.39, 0.29) is 14.9 Å². The van der Waals surface area contributed by atoms with Gasteiger partial charge in [-0.3, -0.25) is 0 Å². The molecule has 0 atom stereocenters. The highest BCUT2D eigenvalue weighted by Gasteiger charge is 2.15. The highest BCUT2D eigenvalue weighted by molar-refractivity contribution is 5.44. The van der Waals surface area contributed by atoms with Crippen LogP contribution in [0.3, 0.4) is 0 Å². The molecule has 0 bridgehead atoms. The van der Waals surface area contributed by atoms with E-state index in [4.69, 9.17) is 0 Å². The van der Waals surface area contributed by atoms with E-state index in [0.29, 0.717) is 5.92 Å². The molecule has 0 aliphatic carbocycles. The predicted octanol–water partition coefficient (Wildman–Crippen LogP) is 8.36. The van der Waals surface area contributed by atoms with Crippen molar-refractivity contribution in [2.75, 3.05) is 0 Å². The van der Waals surface area contributed by atoms with Crippen LogP contribution in [0.1, 0.15) is 95.4 Å². The second-order valence-corrected chi connectivity index (χ2v) is 5.18. The van der Waals surface area contributed by atoms with E-state index in [1.807, 2.05) is 0 Å². The van der Waals surface area contributed by atoms with Crippen molar-refractivity contribution in [1.82, 2.24) is 0 Å². The molecule has 0 aliphatic heterocycles. The fourth-order valence-corrected chi connectivity index (χ4v) is 2.21. The minimum Gasteiger partial charge on any atom is -0.0912 e. The zero-order valence-electron chi connectivity index (χ0n) is 14.5. The summed E-state index contributed by atoms with van der Waals surface area (Å²) in [4.78, 5) is 0. The molecule has 0 amide bonds. The molecular weight excluding hydrogens is 252 g/mol. The van der Waals surface area contributed by atoms with Gasteiger partial charge in [0.1, 0.15) is 0 Å². The molecule has 0 aromatic heterocycles. The number of allylic oxidation sites excluding steroid dienone is 5. The molecule has 0 N–H and O–H groups in total. The molecule has 0 rings (SSSR count). The van der Waals surface area contributed by atoms with Gasteiger partial charge in [0.2, 0.25) is 0 Å². The van der Waals surface area contributed by atoms with Gasteiger partial charge in [-0.2, -0.15) is 0 Å². The molecule has 0 saturated carbocycles. The summed E-state index contributed by atoms with van der Waals surface area (Å²) in [5, 5.41) is 0. The van der Waals surface area contributed by atoms with E-state index in [1.165, 1.54) is 48.8 Å². The summed E-state index contributed by atoms with van der Waals surface area (Å²) < 4.78 is 0. The summed E-state index contributed by atoms with van der Waals surface area (Å²) in [7, 11) is 0. The first-order chi connectivity index (χ1) is 9.03. The van der Waals surface area contributed by atoms with Crippen LogP contribution in [0.4, 0.5) is 0 Å². The molecule has 0 heteroatoms. The fraction of sp³-hybridized carbons (Fsp3) is 0.714. The predicted molar refractivity (Wildman–Crippen MR) is 105 cm³/mol. The Morgan fingerprint density at radius 2 is 1.29 bits per heavy atom. The van der Waals surface area contributed by atoms with Crippen LogP contribution in [0.5, 0.6) is 0 Å². The summed E-state index contributed by atoms with van der Waals surface area (Å²) in [6.45, 7) is 19.4. The van der Waals surface area contributed by atoms with Gasteiger partial charge in [-0.05, 0) is 56.3 Å². The lowest BCUT2D eigenvalue weighted by atomic mass is 9.84. The Bertz CT molecular complexity index is 272.